The summed E-state index contributed by atoms with van der Waals surface area (Å²) in [5.74, 6) is -1.18. The number of anilines is 2. The molecule has 1 saturated heterocycles. The highest BCUT2D eigenvalue weighted by Gasteiger charge is 2.52. The van der Waals surface area contributed by atoms with Crippen LogP contribution in [-0.2, 0) is 33.0 Å². The van der Waals surface area contributed by atoms with E-state index in [-0.39, 0.29) is 30.9 Å². The highest BCUT2D eigenvalue weighted by molar-refractivity contribution is 6.08. The van der Waals surface area contributed by atoms with Crippen LogP contribution in [0.15, 0.2) is 77.9 Å². The lowest BCUT2D eigenvalue weighted by Crippen LogP contribution is -2.46. The Kier molecular flexibility index (Phi) is 9.75. The van der Waals surface area contributed by atoms with E-state index < -0.39 is 17.4 Å². The average Bonchev–Trinajstić information content (AvgIpc) is 3.24. The number of benzene rings is 2. The van der Waals surface area contributed by atoms with Crippen molar-refractivity contribution in [3.8, 4) is 0 Å². The van der Waals surface area contributed by atoms with E-state index >= 15 is 0 Å². The second-order valence-corrected chi connectivity index (χ2v) is 12.8. The third kappa shape index (κ3) is 6.53. The zero-order chi connectivity index (χ0) is 32.3. The fourth-order valence-corrected chi connectivity index (χ4v) is 6.48. The largest absolute Gasteiger partial charge is 0.394 e. The molecule has 0 spiro atoms. The van der Waals surface area contributed by atoms with Crippen LogP contribution in [0.5, 0.6) is 0 Å². The fraction of sp³-hybridized carbons (Fsp3) is 0.432. The molecular weight excluding hydrogens is 566 g/mol. The summed E-state index contributed by atoms with van der Waals surface area (Å²) in [6.45, 7) is 9.23. The summed E-state index contributed by atoms with van der Waals surface area (Å²) in [7, 11) is 0. The highest BCUT2D eigenvalue weighted by Crippen LogP contribution is 2.47. The van der Waals surface area contributed by atoms with Crippen LogP contribution in [0.4, 0.5) is 11.4 Å². The number of carbonyl (C=O) groups is 3. The number of rotatable bonds is 11. The van der Waals surface area contributed by atoms with E-state index in [1.807, 2.05) is 42.5 Å². The van der Waals surface area contributed by atoms with Crippen molar-refractivity contribution in [2.24, 2.45) is 5.92 Å². The maximum Gasteiger partial charge on any atom is 0.264 e. The van der Waals surface area contributed by atoms with Gasteiger partial charge in [-0.25, -0.2) is 0 Å². The van der Waals surface area contributed by atoms with Crippen molar-refractivity contribution in [2.75, 3.05) is 29.5 Å². The second-order valence-electron chi connectivity index (χ2n) is 12.8. The first kappa shape index (κ1) is 32.4. The number of amides is 3. The van der Waals surface area contributed by atoms with Gasteiger partial charge in [-0.1, -0.05) is 66.6 Å². The number of aliphatic hydroxyl groups excluding tert-OH is 1. The van der Waals surface area contributed by atoms with Crippen molar-refractivity contribution in [1.82, 2.24) is 4.90 Å². The lowest BCUT2D eigenvalue weighted by atomic mass is 9.82. The normalized spacial score (nSPS) is 22.0. The average molecular weight is 612 g/mol. The molecule has 8 nitrogen and oxygen atoms in total. The second kappa shape index (κ2) is 13.5. The van der Waals surface area contributed by atoms with E-state index in [2.05, 4.69) is 26.8 Å². The molecule has 2 aromatic rings. The lowest BCUT2D eigenvalue weighted by Gasteiger charge is -2.36. The number of β-lactam (4-membered cyclic amide) rings is 1. The number of fused-ring (bicyclic) bond motifs is 2. The summed E-state index contributed by atoms with van der Waals surface area (Å²) < 4.78 is 0. The highest BCUT2D eigenvalue weighted by atomic mass is 16.3. The zero-order valence-corrected chi connectivity index (χ0v) is 26.8. The zero-order valence-electron chi connectivity index (χ0n) is 26.8. The quantitative estimate of drug-likeness (QED) is 0.270. The number of aliphatic hydroxyl groups is 2. The van der Waals surface area contributed by atoms with Crippen LogP contribution in [0.1, 0.15) is 70.1 Å². The minimum absolute atomic E-state index is 0.0163. The third-order valence-electron chi connectivity index (χ3n) is 9.39. The smallest absolute Gasteiger partial charge is 0.264 e. The van der Waals surface area contributed by atoms with E-state index in [0.29, 0.717) is 49.4 Å². The predicted molar refractivity (Wildman–Crippen MR) is 177 cm³/mol. The van der Waals surface area contributed by atoms with Crippen LogP contribution in [0.25, 0.3) is 0 Å². The fourth-order valence-electron chi connectivity index (χ4n) is 6.48. The molecule has 238 valence electrons. The van der Waals surface area contributed by atoms with Gasteiger partial charge in [0.1, 0.15) is 0 Å². The summed E-state index contributed by atoms with van der Waals surface area (Å²) in [4.78, 5) is 44.6. The Balaban J connectivity index is 1.36. The van der Waals surface area contributed by atoms with Crippen LogP contribution in [0.3, 0.4) is 0 Å². The molecule has 0 bridgehead atoms. The van der Waals surface area contributed by atoms with E-state index in [4.69, 9.17) is 0 Å². The molecular formula is C37H45N3O5. The van der Waals surface area contributed by atoms with Crippen molar-refractivity contribution >= 4 is 29.1 Å². The lowest BCUT2D eigenvalue weighted by molar-refractivity contribution is -0.139. The number of hydrogen-bond donors (Lipinski definition) is 2. The molecule has 3 atom stereocenters. The summed E-state index contributed by atoms with van der Waals surface area (Å²) >= 11 is 0. The van der Waals surface area contributed by atoms with Gasteiger partial charge in [-0.15, -0.1) is 0 Å². The van der Waals surface area contributed by atoms with Crippen LogP contribution in [-0.4, -0.2) is 58.6 Å². The van der Waals surface area contributed by atoms with Gasteiger partial charge in [0, 0.05) is 49.6 Å². The maximum absolute atomic E-state index is 14.0. The minimum Gasteiger partial charge on any atom is -0.394 e. The molecule has 0 saturated carbocycles. The number of carbonyl (C=O) groups excluding carboxylic acids is 3. The van der Waals surface area contributed by atoms with Gasteiger partial charge in [0.2, 0.25) is 11.8 Å². The van der Waals surface area contributed by atoms with Gasteiger partial charge in [-0.05, 0) is 69.4 Å². The van der Waals surface area contributed by atoms with Crippen LogP contribution >= 0.6 is 0 Å². The molecule has 3 aliphatic rings. The van der Waals surface area contributed by atoms with Gasteiger partial charge in [0.25, 0.3) is 5.91 Å². The van der Waals surface area contributed by atoms with E-state index in [9.17, 15) is 24.6 Å². The maximum atomic E-state index is 14.0. The summed E-state index contributed by atoms with van der Waals surface area (Å²) in [6, 6.07) is 13.1. The van der Waals surface area contributed by atoms with Gasteiger partial charge < -0.3 is 24.9 Å². The molecule has 2 N–H and O–H groups in total. The molecule has 1 fully saturated rings. The SMILES string of the molecule is CC(C)=CCC/C(C)=C/CN1C(=O)[C@@](O)([C@@H](C)/C=C/CC(=O)N2Cc3ccccc3C[C@H]2CO)c2cc(N3CCC3=O)ccc21. The molecule has 3 amide bonds. The topological polar surface area (TPSA) is 101 Å². The summed E-state index contributed by atoms with van der Waals surface area (Å²) in [6.07, 6.45) is 10.6. The molecule has 5 rings (SSSR count). The molecule has 45 heavy (non-hydrogen) atoms. The first-order valence-electron chi connectivity index (χ1n) is 16.0. The molecule has 0 unspecified atom stereocenters. The standard InChI is InChI=1S/C37H45N3O5/c1-25(2)9-7-10-26(3)17-19-39-33-16-15-30(38-20-18-35(38)43)22-32(33)37(45,36(39)44)27(4)11-8-14-34(42)40-23-29-13-6-5-12-28(29)21-31(40)24-41/h5-6,8-9,11-13,15-17,22,27,31,41,45H,7,10,14,18-21,23-24H2,1-4H3/b11-8+,26-17+/t27-,31-,37+/m0/s1. The number of hydrogen-bond acceptors (Lipinski definition) is 5. The van der Waals surface area contributed by atoms with Crippen molar-refractivity contribution in [3.63, 3.8) is 0 Å². The predicted octanol–water partition coefficient (Wildman–Crippen LogP) is 5.18. The minimum atomic E-state index is -1.86. The molecule has 3 aliphatic heterocycles. The molecule has 8 heteroatoms. The Labute approximate surface area is 266 Å². The molecule has 3 heterocycles. The van der Waals surface area contributed by atoms with Gasteiger partial charge in [0.05, 0.1) is 18.3 Å². The van der Waals surface area contributed by atoms with E-state index in [1.54, 1.807) is 39.8 Å². The molecule has 2 aromatic carbocycles. The Morgan fingerprint density at radius 1 is 1.09 bits per heavy atom. The molecule has 0 aromatic heterocycles. The first-order chi connectivity index (χ1) is 21.5. The first-order valence-corrected chi connectivity index (χ1v) is 16.0. The molecule has 0 aliphatic carbocycles. The van der Waals surface area contributed by atoms with Gasteiger partial charge >= 0.3 is 0 Å². The van der Waals surface area contributed by atoms with Crippen LogP contribution in [0, 0.1) is 5.92 Å². The third-order valence-corrected chi connectivity index (χ3v) is 9.39. The summed E-state index contributed by atoms with van der Waals surface area (Å²) in [5.41, 5.74) is 4.55. The van der Waals surface area contributed by atoms with Gasteiger partial charge in [-0.3, -0.25) is 14.4 Å². The van der Waals surface area contributed by atoms with E-state index in [1.165, 1.54) is 5.57 Å². The van der Waals surface area contributed by atoms with Crippen molar-refractivity contribution in [2.45, 2.75) is 78.0 Å². The Hall–Kier alpha value is -4.01. The van der Waals surface area contributed by atoms with Crippen molar-refractivity contribution < 1.29 is 24.6 Å². The monoisotopic (exact) mass is 611 g/mol. The Bertz CT molecular complexity index is 1550. The Morgan fingerprint density at radius 2 is 1.84 bits per heavy atom. The van der Waals surface area contributed by atoms with Crippen LogP contribution in [0.2, 0.25) is 0 Å². The van der Waals surface area contributed by atoms with E-state index in [0.717, 1.165) is 29.5 Å². The molecule has 0 radical (unpaired) electrons. The summed E-state index contributed by atoms with van der Waals surface area (Å²) in [5, 5.41) is 22.2. The van der Waals surface area contributed by atoms with Crippen molar-refractivity contribution in [3.05, 3.63) is 94.6 Å². The van der Waals surface area contributed by atoms with Crippen molar-refractivity contribution in [1.29, 1.82) is 0 Å². The Morgan fingerprint density at radius 3 is 2.51 bits per heavy atom. The number of nitrogens with zero attached hydrogens (tertiary/aromatic N) is 3. The number of allylic oxidation sites excluding steroid dienone is 3. The van der Waals surface area contributed by atoms with Gasteiger partial charge in [0.15, 0.2) is 5.60 Å². The van der Waals surface area contributed by atoms with Gasteiger partial charge in [-0.2, -0.15) is 0 Å². The van der Waals surface area contributed by atoms with Crippen LogP contribution < -0.4 is 9.80 Å².